The van der Waals surface area contributed by atoms with E-state index in [1.54, 1.807) is 4.90 Å². The monoisotopic (exact) mass is 388 g/mol. The highest BCUT2D eigenvalue weighted by Gasteiger charge is 2.22. The predicted octanol–water partition coefficient (Wildman–Crippen LogP) is 3.90. The highest BCUT2D eigenvalue weighted by atomic mass is 79.9. The van der Waals surface area contributed by atoms with Crippen molar-refractivity contribution >= 4 is 22.0 Å². The maximum atomic E-state index is 12.2. The molecule has 1 fully saturated rings. The Morgan fingerprint density at radius 2 is 1.67 bits per heavy atom. The van der Waals surface area contributed by atoms with Crippen LogP contribution in [0.1, 0.15) is 11.1 Å². The molecule has 0 atom stereocenters. The minimum Gasteiger partial charge on any atom is -0.445 e. The fourth-order valence-corrected chi connectivity index (χ4v) is 3.24. The first-order valence-electron chi connectivity index (χ1n) is 8.13. The fraction of sp³-hybridized carbons (Fsp3) is 0.316. The number of rotatable bonds is 4. The fourth-order valence-electron chi connectivity index (χ4n) is 2.79. The lowest BCUT2D eigenvalue weighted by Crippen LogP contribution is -2.48. The largest absolute Gasteiger partial charge is 0.445 e. The van der Waals surface area contributed by atoms with Gasteiger partial charge in [0.2, 0.25) is 0 Å². The number of benzene rings is 2. The lowest BCUT2D eigenvalue weighted by atomic mass is 10.2. The van der Waals surface area contributed by atoms with Crippen LogP contribution in [0.25, 0.3) is 0 Å². The van der Waals surface area contributed by atoms with Crippen LogP contribution in [0, 0.1) is 0 Å². The first-order chi connectivity index (χ1) is 11.7. The van der Waals surface area contributed by atoms with Crippen molar-refractivity contribution in [3.8, 4) is 0 Å². The molecule has 1 aliphatic rings. The SMILES string of the molecule is O=C(OCc1ccccc1)N1CCN(Cc2cccc(Br)c2)CC1. The summed E-state index contributed by atoms with van der Waals surface area (Å²) in [6.45, 7) is 4.40. The van der Waals surface area contributed by atoms with Gasteiger partial charge in [-0.1, -0.05) is 58.4 Å². The van der Waals surface area contributed by atoms with Crippen LogP contribution in [0.5, 0.6) is 0 Å². The Morgan fingerprint density at radius 3 is 2.38 bits per heavy atom. The Morgan fingerprint density at radius 1 is 0.958 bits per heavy atom. The maximum absolute atomic E-state index is 12.2. The van der Waals surface area contributed by atoms with E-state index in [9.17, 15) is 4.79 Å². The molecular formula is C19H21BrN2O2. The molecule has 126 valence electrons. The number of amides is 1. The molecule has 0 aromatic heterocycles. The van der Waals surface area contributed by atoms with Gasteiger partial charge in [-0.05, 0) is 23.3 Å². The van der Waals surface area contributed by atoms with Crippen LogP contribution < -0.4 is 0 Å². The number of carbonyl (C=O) groups excluding carboxylic acids is 1. The molecule has 24 heavy (non-hydrogen) atoms. The smallest absolute Gasteiger partial charge is 0.410 e. The summed E-state index contributed by atoms with van der Waals surface area (Å²) in [5.41, 5.74) is 2.30. The van der Waals surface area contributed by atoms with Crippen LogP contribution in [0.4, 0.5) is 4.79 Å². The molecule has 0 radical (unpaired) electrons. The average Bonchev–Trinajstić information content (AvgIpc) is 2.61. The summed E-state index contributed by atoms with van der Waals surface area (Å²) in [6, 6.07) is 18.1. The molecule has 3 rings (SSSR count). The first-order valence-corrected chi connectivity index (χ1v) is 8.92. The van der Waals surface area contributed by atoms with Crippen molar-refractivity contribution < 1.29 is 9.53 Å². The summed E-state index contributed by atoms with van der Waals surface area (Å²) in [7, 11) is 0. The number of halogens is 1. The summed E-state index contributed by atoms with van der Waals surface area (Å²) in [5.74, 6) is 0. The van der Waals surface area contributed by atoms with Gasteiger partial charge < -0.3 is 9.64 Å². The van der Waals surface area contributed by atoms with Crippen molar-refractivity contribution in [2.45, 2.75) is 13.2 Å². The van der Waals surface area contributed by atoms with Gasteiger partial charge in [0.25, 0.3) is 0 Å². The van der Waals surface area contributed by atoms with E-state index >= 15 is 0 Å². The molecule has 5 heteroatoms. The molecule has 0 N–H and O–H groups in total. The number of carbonyl (C=O) groups is 1. The second-order valence-corrected chi connectivity index (χ2v) is 6.85. The van der Waals surface area contributed by atoms with Crippen LogP contribution in [0.15, 0.2) is 59.1 Å². The van der Waals surface area contributed by atoms with Gasteiger partial charge in [0, 0.05) is 37.2 Å². The van der Waals surface area contributed by atoms with Gasteiger partial charge in [0.1, 0.15) is 6.61 Å². The third-order valence-electron chi connectivity index (χ3n) is 4.13. The Kier molecular flexibility index (Phi) is 5.88. The van der Waals surface area contributed by atoms with Gasteiger partial charge in [0.05, 0.1) is 0 Å². The Labute approximate surface area is 151 Å². The molecule has 1 saturated heterocycles. The molecule has 1 heterocycles. The van der Waals surface area contributed by atoms with E-state index in [4.69, 9.17) is 4.74 Å². The first kappa shape index (κ1) is 17.0. The molecule has 0 saturated carbocycles. The maximum Gasteiger partial charge on any atom is 0.410 e. The third-order valence-corrected chi connectivity index (χ3v) is 4.62. The number of ether oxygens (including phenoxy) is 1. The Balaban J connectivity index is 1.43. The summed E-state index contributed by atoms with van der Waals surface area (Å²) in [6.07, 6.45) is -0.221. The zero-order valence-corrected chi connectivity index (χ0v) is 15.1. The normalized spacial score (nSPS) is 15.3. The molecule has 1 amide bonds. The zero-order valence-electron chi connectivity index (χ0n) is 13.5. The predicted molar refractivity (Wildman–Crippen MR) is 97.6 cm³/mol. The average molecular weight is 389 g/mol. The van der Waals surface area contributed by atoms with Gasteiger partial charge in [-0.3, -0.25) is 4.90 Å². The molecule has 0 spiro atoms. The molecule has 2 aromatic rings. The standard InChI is InChI=1S/C19H21BrN2O2/c20-18-8-4-7-17(13-18)14-21-9-11-22(12-10-21)19(23)24-15-16-5-2-1-3-6-16/h1-8,13H,9-12,14-15H2. The van der Waals surface area contributed by atoms with Gasteiger partial charge in [0.15, 0.2) is 0 Å². The van der Waals surface area contributed by atoms with E-state index in [0.717, 1.165) is 29.7 Å². The second kappa shape index (κ2) is 8.31. The van der Waals surface area contributed by atoms with Crippen molar-refractivity contribution in [3.05, 3.63) is 70.2 Å². The number of hydrogen-bond acceptors (Lipinski definition) is 3. The third kappa shape index (κ3) is 4.82. The van der Waals surface area contributed by atoms with Crippen LogP contribution >= 0.6 is 15.9 Å². The van der Waals surface area contributed by atoms with E-state index in [-0.39, 0.29) is 6.09 Å². The summed E-state index contributed by atoms with van der Waals surface area (Å²) >= 11 is 3.50. The van der Waals surface area contributed by atoms with Gasteiger partial charge in [-0.2, -0.15) is 0 Å². The second-order valence-electron chi connectivity index (χ2n) is 5.93. The van der Waals surface area contributed by atoms with Gasteiger partial charge in [-0.15, -0.1) is 0 Å². The Hall–Kier alpha value is -1.85. The highest BCUT2D eigenvalue weighted by molar-refractivity contribution is 9.10. The summed E-state index contributed by atoms with van der Waals surface area (Å²) in [5, 5.41) is 0. The number of hydrogen-bond donors (Lipinski definition) is 0. The lowest BCUT2D eigenvalue weighted by Gasteiger charge is -2.34. The van der Waals surface area contributed by atoms with E-state index in [1.807, 2.05) is 36.4 Å². The lowest BCUT2D eigenvalue weighted by molar-refractivity contribution is 0.0700. The van der Waals surface area contributed by atoms with E-state index in [2.05, 4.69) is 39.0 Å². The summed E-state index contributed by atoms with van der Waals surface area (Å²) < 4.78 is 6.50. The minimum absolute atomic E-state index is 0.221. The number of piperazine rings is 1. The van der Waals surface area contributed by atoms with Crippen molar-refractivity contribution in [3.63, 3.8) is 0 Å². The van der Waals surface area contributed by atoms with E-state index in [1.165, 1.54) is 5.56 Å². The summed E-state index contributed by atoms with van der Waals surface area (Å²) in [4.78, 5) is 16.3. The van der Waals surface area contributed by atoms with Crippen LogP contribution in [-0.4, -0.2) is 42.1 Å². The quantitative estimate of drug-likeness (QED) is 0.795. The molecule has 1 aliphatic heterocycles. The van der Waals surface area contributed by atoms with Gasteiger partial charge >= 0.3 is 6.09 Å². The highest BCUT2D eigenvalue weighted by Crippen LogP contribution is 2.15. The van der Waals surface area contributed by atoms with E-state index < -0.39 is 0 Å². The topological polar surface area (TPSA) is 32.8 Å². The zero-order chi connectivity index (χ0) is 16.8. The molecule has 0 bridgehead atoms. The van der Waals surface area contributed by atoms with E-state index in [0.29, 0.717) is 19.7 Å². The molecular weight excluding hydrogens is 368 g/mol. The van der Waals surface area contributed by atoms with Crippen molar-refractivity contribution in [1.29, 1.82) is 0 Å². The van der Waals surface area contributed by atoms with Crippen molar-refractivity contribution in [2.75, 3.05) is 26.2 Å². The van der Waals surface area contributed by atoms with Crippen molar-refractivity contribution in [2.24, 2.45) is 0 Å². The van der Waals surface area contributed by atoms with Crippen LogP contribution in [-0.2, 0) is 17.9 Å². The molecule has 0 aliphatic carbocycles. The number of nitrogens with zero attached hydrogens (tertiary/aromatic N) is 2. The van der Waals surface area contributed by atoms with Crippen LogP contribution in [0.3, 0.4) is 0 Å². The van der Waals surface area contributed by atoms with Gasteiger partial charge in [-0.25, -0.2) is 4.79 Å². The Bertz CT molecular complexity index is 670. The molecule has 4 nitrogen and oxygen atoms in total. The van der Waals surface area contributed by atoms with Crippen molar-refractivity contribution in [1.82, 2.24) is 9.80 Å². The molecule has 0 unspecified atom stereocenters. The van der Waals surface area contributed by atoms with Crippen LogP contribution in [0.2, 0.25) is 0 Å². The molecule has 2 aromatic carbocycles. The minimum atomic E-state index is -0.221.